The molecule has 0 unspecified atom stereocenters. The van der Waals surface area contributed by atoms with E-state index in [-0.39, 0.29) is 0 Å². The molecule has 0 spiro atoms. The highest BCUT2D eigenvalue weighted by Crippen LogP contribution is 2.59. The van der Waals surface area contributed by atoms with Gasteiger partial charge in [0, 0.05) is 0 Å². The first-order valence-corrected chi connectivity index (χ1v) is 4.85. The maximum Gasteiger partial charge on any atom is 0.537 e. The third-order valence-electron chi connectivity index (χ3n) is 0.406. The standard InChI is InChI=1S/H4O9P2/c1-7-11(6,8-2)9-10(3,4)5/h1-2H,(H2,3,4,5). The zero-order valence-corrected chi connectivity index (χ0v) is 6.51. The molecule has 11 heavy (non-hydrogen) atoms. The first-order chi connectivity index (χ1) is 4.83. The van der Waals surface area contributed by atoms with Crippen molar-refractivity contribution >= 4 is 15.6 Å². The quantitative estimate of drug-likeness (QED) is 0.290. The van der Waals surface area contributed by atoms with E-state index in [2.05, 4.69) is 13.7 Å². The van der Waals surface area contributed by atoms with E-state index < -0.39 is 15.6 Å². The lowest BCUT2D eigenvalue weighted by molar-refractivity contribution is -0.222. The Morgan fingerprint density at radius 3 is 1.45 bits per heavy atom. The zero-order chi connectivity index (χ0) is 9.12. The molecule has 4 N–H and O–H groups in total. The van der Waals surface area contributed by atoms with E-state index in [0.717, 1.165) is 0 Å². The topological polar surface area (TPSA) is 143 Å². The second kappa shape index (κ2) is 3.72. The Bertz CT molecular complexity index is 190. The van der Waals surface area contributed by atoms with Gasteiger partial charge in [-0.15, -0.1) is 9.35 Å². The third kappa shape index (κ3) is 4.59. The van der Waals surface area contributed by atoms with Crippen LogP contribution in [0.5, 0.6) is 0 Å². The van der Waals surface area contributed by atoms with Gasteiger partial charge in [0.15, 0.2) is 0 Å². The summed E-state index contributed by atoms with van der Waals surface area (Å²) in [4.78, 5) is 15.9. The summed E-state index contributed by atoms with van der Waals surface area (Å²) in [7, 11) is -10.1. The Balaban J connectivity index is 4.34. The Hall–Kier alpha value is 0.180. The monoisotopic (exact) mass is 210 g/mol. The van der Waals surface area contributed by atoms with Crippen LogP contribution in [0.15, 0.2) is 0 Å². The minimum absolute atomic E-state index is 2.83. The SMILES string of the molecule is O=P(O)(O)OP(=O)(OO)OO. The van der Waals surface area contributed by atoms with Crippen LogP contribution in [0.25, 0.3) is 0 Å². The van der Waals surface area contributed by atoms with Gasteiger partial charge in [-0.2, -0.15) is 4.31 Å². The predicted octanol–water partition coefficient (Wildman–Crippen LogP) is 0.183. The number of hydrogen-bond acceptors (Lipinski definition) is 7. The lowest BCUT2D eigenvalue weighted by Crippen LogP contribution is -1.93. The van der Waals surface area contributed by atoms with Crippen LogP contribution in [0.2, 0.25) is 0 Å². The van der Waals surface area contributed by atoms with Crippen molar-refractivity contribution in [2.24, 2.45) is 0 Å². The van der Waals surface area contributed by atoms with Crippen molar-refractivity contribution in [3.05, 3.63) is 0 Å². The number of hydrogen-bond donors (Lipinski definition) is 4. The largest absolute Gasteiger partial charge is 0.537 e. The number of phosphoric acid groups is 2. The maximum absolute atomic E-state index is 10.3. The molecule has 11 heteroatoms. The van der Waals surface area contributed by atoms with Gasteiger partial charge in [0.2, 0.25) is 0 Å². The van der Waals surface area contributed by atoms with E-state index in [9.17, 15) is 9.13 Å². The molecule has 0 aliphatic heterocycles. The highest BCUT2D eigenvalue weighted by atomic mass is 31.3. The van der Waals surface area contributed by atoms with Crippen LogP contribution >= 0.6 is 15.6 Å². The van der Waals surface area contributed by atoms with Crippen molar-refractivity contribution in [2.75, 3.05) is 0 Å². The zero-order valence-electron chi connectivity index (χ0n) is 4.72. The van der Waals surface area contributed by atoms with Gasteiger partial charge in [-0.1, -0.05) is 0 Å². The summed E-state index contributed by atoms with van der Waals surface area (Å²) in [6.07, 6.45) is 0. The molecule has 0 atom stereocenters. The third-order valence-corrected chi connectivity index (χ3v) is 2.46. The van der Waals surface area contributed by atoms with Crippen LogP contribution < -0.4 is 0 Å². The molecule has 0 saturated heterocycles. The second-order valence-corrected chi connectivity index (χ2v) is 4.04. The van der Waals surface area contributed by atoms with Gasteiger partial charge in [-0.25, -0.2) is 19.6 Å². The van der Waals surface area contributed by atoms with E-state index in [1.807, 2.05) is 0 Å². The van der Waals surface area contributed by atoms with Gasteiger partial charge < -0.3 is 9.79 Å². The van der Waals surface area contributed by atoms with Crippen LogP contribution in [0.4, 0.5) is 0 Å². The van der Waals surface area contributed by atoms with Crippen LogP contribution in [0.1, 0.15) is 0 Å². The van der Waals surface area contributed by atoms with Crippen molar-refractivity contribution in [3.8, 4) is 0 Å². The molecule has 0 aromatic carbocycles. The Morgan fingerprint density at radius 2 is 1.36 bits per heavy atom. The summed E-state index contributed by atoms with van der Waals surface area (Å²) in [6.45, 7) is 0. The molecule has 0 bridgehead atoms. The first kappa shape index (κ1) is 11.2. The van der Waals surface area contributed by atoms with E-state index in [4.69, 9.17) is 20.3 Å². The molecule has 9 nitrogen and oxygen atoms in total. The van der Waals surface area contributed by atoms with Crippen LogP contribution in [0.3, 0.4) is 0 Å². The van der Waals surface area contributed by atoms with Crippen LogP contribution in [0, 0.1) is 0 Å². The van der Waals surface area contributed by atoms with Crippen LogP contribution in [-0.2, 0) is 22.8 Å². The van der Waals surface area contributed by atoms with Gasteiger partial charge in [0.25, 0.3) is 0 Å². The molecule has 0 fully saturated rings. The molecule has 0 amide bonds. The normalized spacial score (nSPS) is 13.5. The Morgan fingerprint density at radius 1 is 1.00 bits per heavy atom. The van der Waals surface area contributed by atoms with Gasteiger partial charge >= 0.3 is 15.6 Å². The minimum atomic E-state index is -5.15. The predicted molar refractivity (Wildman–Crippen MR) is 28.2 cm³/mol. The van der Waals surface area contributed by atoms with Gasteiger partial charge in [0.05, 0.1) is 0 Å². The number of rotatable bonds is 4. The van der Waals surface area contributed by atoms with Gasteiger partial charge in [-0.05, 0) is 0 Å². The summed E-state index contributed by atoms with van der Waals surface area (Å²) >= 11 is 0. The van der Waals surface area contributed by atoms with E-state index in [1.54, 1.807) is 0 Å². The van der Waals surface area contributed by atoms with Crippen molar-refractivity contribution in [2.45, 2.75) is 0 Å². The molecule has 0 rings (SSSR count). The average Bonchev–Trinajstić information content (AvgIpc) is 1.84. The molecule has 68 valence electrons. The first-order valence-electron chi connectivity index (χ1n) is 1.86. The fourth-order valence-electron chi connectivity index (χ4n) is 0.175. The summed E-state index contributed by atoms with van der Waals surface area (Å²) < 4.78 is 29.1. The highest BCUT2D eigenvalue weighted by Gasteiger charge is 2.36. The van der Waals surface area contributed by atoms with Crippen molar-refractivity contribution < 1.29 is 43.1 Å². The molecular weight excluding hydrogens is 206 g/mol. The van der Waals surface area contributed by atoms with Crippen LogP contribution in [-0.4, -0.2) is 20.3 Å². The summed E-state index contributed by atoms with van der Waals surface area (Å²) in [5, 5.41) is 15.3. The van der Waals surface area contributed by atoms with E-state index in [1.165, 1.54) is 0 Å². The molecule has 0 radical (unpaired) electrons. The van der Waals surface area contributed by atoms with E-state index >= 15 is 0 Å². The molecule has 0 aliphatic carbocycles. The fraction of sp³-hybridized carbons (Fsp3) is 0. The van der Waals surface area contributed by atoms with Gasteiger partial charge in [0.1, 0.15) is 0 Å². The summed E-state index contributed by atoms with van der Waals surface area (Å²) in [5.41, 5.74) is 0. The van der Waals surface area contributed by atoms with Gasteiger partial charge in [-0.3, -0.25) is 0 Å². The lowest BCUT2D eigenvalue weighted by atomic mass is 14.9. The second-order valence-electron chi connectivity index (χ2n) is 1.18. The Kier molecular flexibility index (Phi) is 3.78. The average molecular weight is 210 g/mol. The smallest absolute Gasteiger partial charge is 0.302 e. The lowest BCUT2D eigenvalue weighted by Gasteiger charge is -2.09. The molecule has 0 aromatic rings. The maximum atomic E-state index is 10.3. The molecule has 0 heterocycles. The minimum Gasteiger partial charge on any atom is -0.302 e. The van der Waals surface area contributed by atoms with Crippen molar-refractivity contribution in [1.29, 1.82) is 0 Å². The highest BCUT2D eigenvalue weighted by molar-refractivity contribution is 7.61. The molecule has 0 saturated carbocycles. The Labute approximate surface area is 59.8 Å². The van der Waals surface area contributed by atoms with E-state index in [0.29, 0.717) is 0 Å². The summed E-state index contributed by atoms with van der Waals surface area (Å²) in [5.74, 6) is 0. The molecule has 0 aliphatic rings. The summed E-state index contributed by atoms with van der Waals surface area (Å²) in [6, 6.07) is 0. The molecule has 0 aromatic heterocycles. The fourth-order valence-corrected chi connectivity index (χ4v) is 1.49. The molecular formula is H4O9P2. The van der Waals surface area contributed by atoms with Crippen molar-refractivity contribution in [1.82, 2.24) is 0 Å². The van der Waals surface area contributed by atoms with Crippen molar-refractivity contribution in [3.63, 3.8) is 0 Å².